The molecule has 0 spiro atoms. The molecule has 3 atom stereocenters. The van der Waals surface area contributed by atoms with E-state index in [4.69, 9.17) is 14.6 Å². The first-order chi connectivity index (χ1) is 7.81. The van der Waals surface area contributed by atoms with Gasteiger partial charge in [-0.25, -0.2) is 0 Å². The van der Waals surface area contributed by atoms with Gasteiger partial charge < -0.3 is 14.6 Å². The lowest BCUT2D eigenvalue weighted by Crippen LogP contribution is -2.26. The van der Waals surface area contributed by atoms with Gasteiger partial charge in [0.1, 0.15) is 5.60 Å². The number of carbonyl (C=O) groups excluding carboxylic acids is 1. The monoisotopic (exact) mass is 244 g/mol. The SMILES string of the molecule is CC(CC(=O)OC(C)(C)C)OC[C@@H]1C[C@H]1CO. The van der Waals surface area contributed by atoms with Crippen LogP contribution in [0.4, 0.5) is 0 Å². The van der Waals surface area contributed by atoms with E-state index >= 15 is 0 Å². The second-order valence-corrected chi connectivity index (χ2v) is 5.87. The van der Waals surface area contributed by atoms with Crippen molar-refractivity contribution in [2.75, 3.05) is 13.2 Å². The molecule has 1 aliphatic carbocycles. The zero-order valence-corrected chi connectivity index (χ0v) is 11.2. The molecule has 0 aromatic carbocycles. The Bertz CT molecular complexity index is 257. The van der Waals surface area contributed by atoms with Crippen molar-refractivity contribution in [3.8, 4) is 0 Å². The Morgan fingerprint density at radius 2 is 2.06 bits per heavy atom. The van der Waals surface area contributed by atoms with Gasteiger partial charge in [0.05, 0.1) is 19.1 Å². The zero-order valence-electron chi connectivity index (χ0n) is 11.2. The van der Waals surface area contributed by atoms with Crippen molar-refractivity contribution in [2.24, 2.45) is 11.8 Å². The molecule has 1 aliphatic rings. The smallest absolute Gasteiger partial charge is 0.308 e. The number of hydrogen-bond acceptors (Lipinski definition) is 4. The van der Waals surface area contributed by atoms with Crippen LogP contribution in [0.5, 0.6) is 0 Å². The normalized spacial score (nSPS) is 25.5. The van der Waals surface area contributed by atoms with E-state index in [1.165, 1.54) is 0 Å². The fraction of sp³-hybridized carbons (Fsp3) is 0.923. The van der Waals surface area contributed by atoms with E-state index in [1.54, 1.807) is 0 Å². The summed E-state index contributed by atoms with van der Waals surface area (Å²) in [5.41, 5.74) is -0.435. The lowest BCUT2D eigenvalue weighted by atomic mass is 10.2. The van der Waals surface area contributed by atoms with Gasteiger partial charge >= 0.3 is 5.97 Å². The maximum Gasteiger partial charge on any atom is 0.308 e. The van der Waals surface area contributed by atoms with E-state index < -0.39 is 5.60 Å². The zero-order chi connectivity index (χ0) is 13.1. The number of hydrogen-bond donors (Lipinski definition) is 1. The molecule has 1 unspecified atom stereocenters. The lowest BCUT2D eigenvalue weighted by molar-refractivity contribution is -0.157. The van der Waals surface area contributed by atoms with Crippen LogP contribution in [0.3, 0.4) is 0 Å². The minimum absolute atomic E-state index is 0.121. The molecule has 0 aromatic heterocycles. The summed E-state index contributed by atoms with van der Waals surface area (Å²) in [4.78, 5) is 11.5. The van der Waals surface area contributed by atoms with E-state index in [-0.39, 0.29) is 25.1 Å². The van der Waals surface area contributed by atoms with Gasteiger partial charge in [-0.2, -0.15) is 0 Å². The minimum atomic E-state index is -0.435. The second-order valence-electron chi connectivity index (χ2n) is 5.87. The van der Waals surface area contributed by atoms with E-state index in [2.05, 4.69) is 0 Å². The summed E-state index contributed by atoms with van der Waals surface area (Å²) in [6, 6.07) is 0. The van der Waals surface area contributed by atoms with Crippen LogP contribution in [0, 0.1) is 11.8 Å². The summed E-state index contributed by atoms with van der Waals surface area (Å²) in [7, 11) is 0. The third-order valence-electron chi connectivity index (χ3n) is 2.77. The summed E-state index contributed by atoms with van der Waals surface area (Å²) in [5, 5.41) is 8.89. The highest BCUT2D eigenvalue weighted by Crippen LogP contribution is 2.38. The fourth-order valence-electron chi connectivity index (χ4n) is 1.70. The molecule has 4 nitrogen and oxygen atoms in total. The predicted octanol–water partition coefficient (Wildman–Crippen LogP) is 1.75. The van der Waals surface area contributed by atoms with Crippen LogP contribution in [0.15, 0.2) is 0 Å². The second kappa shape index (κ2) is 5.83. The molecule has 0 amide bonds. The molecule has 0 aromatic rings. The van der Waals surface area contributed by atoms with Gasteiger partial charge in [-0.1, -0.05) is 0 Å². The predicted molar refractivity (Wildman–Crippen MR) is 64.6 cm³/mol. The van der Waals surface area contributed by atoms with Crippen LogP contribution >= 0.6 is 0 Å². The number of aliphatic hydroxyl groups excluding tert-OH is 1. The van der Waals surface area contributed by atoms with Gasteiger partial charge in [-0.3, -0.25) is 4.79 Å². The number of carbonyl (C=O) groups is 1. The topological polar surface area (TPSA) is 55.8 Å². The van der Waals surface area contributed by atoms with Gasteiger partial charge in [-0.15, -0.1) is 0 Å². The third kappa shape index (κ3) is 6.03. The molecule has 0 bridgehead atoms. The first-order valence-corrected chi connectivity index (χ1v) is 6.26. The average Bonchev–Trinajstić information content (AvgIpc) is 2.89. The van der Waals surface area contributed by atoms with Gasteiger partial charge in [0, 0.05) is 6.61 Å². The Morgan fingerprint density at radius 3 is 2.53 bits per heavy atom. The van der Waals surface area contributed by atoms with Crippen LogP contribution in [0.1, 0.15) is 40.5 Å². The van der Waals surface area contributed by atoms with E-state index in [0.29, 0.717) is 18.4 Å². The Kier molecular flexibility index (Phi) is 4.95. The Morgan fingerprint density at radius 1 is 1.41 bits per heavy atom. The minimum Gasteiger partial charge on any atom is -0.460 e. The molecule has 4 heteroatoms. The van der Waals surface area contributed by atoms with E-state index in [0.717, 1.165) is 6.42 Å². The van der Waals surface area contributed by atoms with E-state index in [1.807, 2.05) is 27.7 Å². The fourth-order valence-corrected chi connectivity index (χ4v) is 1.70. The highest BCUT2D eigenvalue weighted by Gasteiger charge is 2.36. The molecule has 0 radical (unpaired) electrons. The van der Waals surface area contributed by atoms with Crippen LogP contribution < -0.4 is 0 Å². The molecule has 1 rings (SSSR count). The van der Waals surface area contributed by atoms with Crippen molar-refractivity contribution in [3.63, 3.8) is 0 Å². The standard InChI is InChI=1S/C13H24O4/c1-9(5-12(15)17-13(2,3)4)16-8-11-6-10(11)7-14/h9-11,14H,5-8H2,1-4H3/t9?,10-,11-/m0/s1. The quantitative estimate of drug-likeness (QED) is 0.723. The first-order valence-electron chi connectivity index (χ1n) is 6.26. The first kappa shape index (κ1) is 14.5. The number of aliphatic hydroxyl groups is 1. The third-order valence-corrected chi connectivity index (χ3v) is 2.77. The van der Waals surface area contributed by atoms with Crippen molar-refractivity contribution in [3.05, 3.63) is 0 Å². The van der Waals surface area contributed by atoms with Crippen LogP contribution in [0.2, 0.25) is 0 Å². The molecule has 1 fully saturated rings. The van der Waals surface area contributed by atoms with Crippen molar-refractivity contribution in [1.82, 2.24) is 0 Å². The van der Waals surface area contributed by atoms with Crippen LogP contribution in [-0.2, 0) is 14.3 Å². The maximum atomic E-state index is 11.5. The summed E-state index contributed by atoms with van der Waals surface area (Å²) in [5.74, 6) is 0.657. The molecule has 0 saturated heterocycles. The molecule has 100 valence electrons. The van der Waals surface area contributed by atoms with Crippen LogP contribution in [0.25, 0.3) is 0 Å². The molecule has 17 heavy (non-hydrogen) atoms. The maximum absolute atomic E-state index is 11.5. The van der Waals surface area contributed by atoms with Gasteiger partial charge in [0.2, 0.25) is 0 Å². The molecule has 0 aliphatic heterocycles. The number of ether oxygens (including phenoxy) is 2. The van der Waals surface area contributed by atoms with Crippen molar-refractivity contribution in [2.45, 2.75) is 52.2 Å². The molecule has 0 heterocycles. The van der Waals surface area contributed by atoms with Gasteiger partial charge in [0.15, 0.2) is 0 Å². The molecular formula is C13H24O4. The highest BCUT2D eigenvalue weighted by molar-refractivity contribution is 5.70. The molecule has 1 N–H and O–H groups in total. The van der Waals surface area contributed by atoms with Crippen molar-refractivity contribution < 1.29 is 19.4 Å². The lowest BCUT2D eigenvalue weighted by Gasteiger charge is -2.21. The van der Waals surface area contributed by atoms with E-state index in [9.17, 15) is 4.79 Å². The number of rotatable bonds is 6. The summed E-state index contributed by atoms with van der Waals surface area (Å²) in [6.45, 7) is 8.31. The Balaban J connectivity index is 2.12. The van der Waals surface area contributed by atoms with Gasteiger partial charge in [-0.05, 0) is 46.0 Å². The summed E-state index contributed by atoms with van der Waals surface area (Å²) in [6.07, 6.45) is 1.20. The Labute approximate surface area is 103 Å². The highest BCUT2D eigenvalue weighted by atomic mass is 16.6. The summed E-state index contributed by atoms with van der Waals surface area (Å²) >= 11 is 0. The largest absolute Gasteiger partial charge is 0.460 e. The van der Waals surface area contributed by atoms with Crippen molar-refractivity contribution in [1.29, 1.82) is 0 Å². The molecular weight excluding hydrogens is 220 g/mol. The Hall–Kier alpha value is -0.610. The van der Waals surface area contributed by atoms with Crippen LogP contribution in [-0.4, -0.2) is 36.0 Å². The number of esters is 1. The summed E-state index contributed by atoms with van der Waals surface area (Å²) < 4.78 is 10.8. The van der Waals surface area contributed by atoms with Gasteiger partial charge in [0.25, 0.3) is 0 Å². The van der Waals surface area contributed by atoms with Crippen molar-refractivity contribution >= 4 is 5.97 Å². The average molecular weight is 244 g/mol. The molecule has 1 saturated carbocycles.